The molecule has 0 radical (unpaired) electrons. The highest BCUT2D eigenvalue weighted by atomic mass is 16.6. The minimum Gasteiger partial charge on any atom is -0.466 e. The minimum atomic E-state index is -0.523. The van der Waals surface area contributed by atoms with Gasteiger partial charge in [0.15, 0.2) is 0 Å². The summed E-state index contributed by atoms with van der Waals surface area (Å²) >= 11 is 0. The lowest BCUT2D eigenvalue weighted by atomic mass is 10.2. The van der Waals surface area contributed by atoms with Gasteiger partial charge in [0.1, 0.15) is 5.60 Å². The molecule has 0 atom stereocenters. The molecule has 36 heavy (non-hydrogen) atoms. The van der Waals surface area contributed by atoms with Crippen molar-refractivity contribution in [2.75, 3.05) is 26.4 Å². The summed E-state index contributed by atoms with van der Waals surface area (Å²) in [5.74, 6) is -0.251. The Kier molecular flexibility index (Phi) is 23.2. The summed E-state index contributed by atoms with van der Waals surface area (Å²) in [4.78, 5) is 23.2. The fourth-order valence-corrected chi connectivity index (χ4v) is 3.19. The molecule has 0 saturated carbocycles. The van der Waals surface area contributed by atoms with Gasteiger partial charge in [-0.05, 0) is 72.1 Å². The average Bonchev–Trinajstić information content (AvgIpc) is 2.81. The van der Waals surface area contributed by atoms with Gasteiger partial charge in [-0.3, -0.25) is 4.79 Å². The maximum absolute atomic E-state index is 11.7. The first kappa shape index (κ1) is 33.9. The van der Waals surface area contributed by atoms with Gasteiger partial charge in [-0.25, -0.2) is 4.79 Å². The molecule has 0 aliphatic rings. The molecule has 0 aromatic rings. The van der Waals surface area contributed by atoms with Crippen LogP contribution in [0, 0.1) is 0 Å². The molecule has 208 valence electrons. The van der Waals surface area contributed by atoms with Gasteiger partial charge in [0.05, 0.1) is 6.61 Å². The molecule has 0 saturated heterocycles. The lowest BCUT2D eigenvalue weighted by Crippen LogP contribution is -2.33. The first-order valence-electron chi connectivity index (χ1n) is 14.0. The van der Waals surface area contributed by atoms with Crippen LogP contribution >= 0.6 is 0 Å². The van der Waals surface area contributed by atoms with Crippen molar-refractivity contribution in [1.29, 1.82) is 0 Å². The highest BCUT2D eigenvalue weighted by Gasteiger charge is 2.15. The topological polar surface area (TPSA) is 73.9 Å². The van der Waals surface area contributed by atoms with Crippen LogP contribution in [0.3, 0.4) is 0 Å². The highest BCUT2D eigenvalue weighted by molar-refractivity contribution is 5.70. The molecule has 0 unspecified atom stereocenters. The second kappa shape index (κ2) is 24.6. The number of alkyl carbamates (subject to hydrolysis) is 1. The normalized spacial score (nSPS) is 12.1. The summed E-state index contributed by atoms with van der Waals surface area (Å²) in [6.07, 6.45) is 26.3. The Balaban J connectivity index is 3.37. The lowest BCUT2D eigenvalue weighted by Gasteiger charge is -2.19. The Morgan fingerprint density at radius 3 is 1.97 bits per heavy atom. The SMILES string of the molecule is CCCCCC=CCC=CCC=CCCCCCOCCCOC(=O)CCCNC(=O)OC(C)(C)C. The standard InChI is InChI=1S/C30H53NO5/c1-5-6-7-8-9-10-11-12-13-14-15-16-17-18-19-20-25-34-26-22-27-35-28(32)23-21-24-31-29(33)36-30(2,3)4/h9-10,12-13,15-16H,5-8,11,14,17-27H2,1-4H3,(H,31,33). The summed E-state index contributed by atoms with van der Waals surface area (Å²) < 4.78 is 15.9. The number of carbonyl (C=O) groups excluding carboxylic acids is 2. The number of hydrogen-bond donors (Lipinski definition) is 1. The van der Waals surface area contributed by atoms with E-state index in [-0.39, 0.29) is 12.4 Å². The third-order valence-corrected chi connectivity index (χ3v) is 5.10. The predicted molar refractivity (Wildman–Crippen MR) is 149 cm³/mol. The molecule has 0 aliphatic heterocycles. The van der Waals surface area contributed by atoms with E-state index in [2.05, 4.69) is 48.7 Å². The van der Waals surface area contributed by atoms with Crippen molar-refractivity contribution in [3.05, 3.63) is 36.5 Å². The van der Waals surface area contributed by atoms with Crippen LogP contribution in [-0.4, -0.2) is 44.0 Å². The van der Waals surface area contributed by atoms with Crippen molar-refractivity contribution >= 4 is 12.1 Å². The molecule has 0 spiro atoms. The smallest absolute Gasteiger partial charge is 0.407 e. The molecular weight excluding hydrogens is 454 g/mol. The number of ether oxygens (including phenoxy) is 3. The number of allylic oxidation sites excluding steroid dienone is 6. The average molecular weight is 508 g/mol. The molecule has 0 bridgehead atoms. The van der Waals surface area contributed by atoms with Crippen molar-refractivity contribution in [3.63, 3.8) is 0 Å². The molecule has 0 heterocycles. The molecule has 1 N–H and O–H groups in total. The summed E-state index contributed by atoms with van der Waals surface area (Å²) in [6.45, 7) is 9.78. The first-order valence-corrected chi connectivity index (χ1v) is 14.0. The zero-order valence-corrected chi connectivity index (χ0v) is 23.5. The van der Waals surface area contributed by atoms with Gasteiger partial charge in [0.2, 0.25) is 0 Å². The molecular formula is C30H53NO5. The summed E-state index contributed by atoms with van der Waals surface area (Å²) in [5, 5.41) is 2.63. The number of hydrogen-bond acceptors (Lipinski definition) is 5. The first-order chi connectivity index (χ1) is 17.3. The number of esters is 1. The molecule has 0 aromatic heterocycles. The van der Waals surface area contributed by atoms with E-state index in [0.29, 0.717) is 32.6 Å². The van der Waals surface area contributed by atoms with Crippen molar-refractivity contribution in [2.24, 2.45) is 0 Å². The van der Waals surface area contributed by atoms with E-state index >= 15 is 0 Å². The largest absolute Gasteiger partial charge is 0.466 e. The maximum Gasteiger partial charge on any atom is 0.407 e. The number of unbranched alkanes of at least 4 members (excludes halogenated alkanes) is 6. The third-order valence-electron chi connectivity index (χ3n) is 5.10. The van der Waals surface area contributed by atoms with E-state index in [9.17, 15) is 9.59 Å². The molecule has 6 nitrogen and oxygen atoms in total. The van der Waals surface area contributed by atoms with Crippen LogP contribution in [0.15, 0.2) is 36.5 Å². The Morgan fingerprint density at radius 2 is 1.33 bits per heavy atom. The van der Waals surface area contributed by atoms with E-state index in [4.69, 9.17) is 14.2 Å². The summed E-state index contributed by atoms with van der Waals surface area (Å²) in [5.41, 5.74) is -0.523. The van der Waals surface area contributed by atoms with E-state index < -0.39 is 11.7 Å². The quantitative estimate of drug-likeness (QED) is 0.0918. The second-order valence-electron chi connectivity index (χ2n) is 9.95. The van der Waals surface area contributed by atoms with E-state index in [1.165, 1.54) is 32.1 Å². The van der Waals surface area contributed by atoms with E-state index in [1.807, 2.05) is 20.8 Å². The third kappa shape index (κ3) is 28.2. The van der Waals surface area contributed by atoms with Crippen LogP contribution in [0.25, 0.3) is 0 Å². The Bertz CT molecular complexity index is 619. The molecule has 0 rings (SSSR count). The number of amides is 1. The van der Waals surface area contributed by atoms with Gasteiger partial charge in [-0.1, -0.05) is 62.6 Å². The van der Waals surface area contributed by atoms with Crippen molar-refractivity contribution < 1.29 is 23.8 Å². The number of nitrogens with one attached hydrogen (secondary N) is 1. The molecule has 0 aromatic carbocycles. The summed E-state index contributed by atoms with van der Waals surface area (Å²) in [7, 11) is 0. The lowest BCUT2D eigenvalue weighted by molar-refractivity contribution is -0.144. The van der Waals surface area contributed by atoms with Gasteiger partial charge in [0, 0.05) is 32.6 Å². The molecule has 0 aliphatic carbocycles. The van der Waals surface area contributed by atoms with Gasteiger partial charge < -0.3 is 19.5 Å². The monoisotopic (exact) mass is 507 g/mol. The number of carbonyl (C=O) groups is 2. The van der Waals surface area contributed by atoms with Crippen LogP contribution in [0.5, 0.6) is 0 Å². The zero-order chi connectivity index (χ0) is 26.7. The van der Waals surface area contributed by atoms with Crippen molar-refractivity contribution in [2.45, 2.75) is 117 Å². The van der Waals surface area contributed by atoms with Gasteiger partial charge >= 0.3 is 12.1 Å². The Morgan fingerprint density at radius 1 is 0.722 bits per heavy atom. The van der Waals surface area contributed by atoms with Crippen molar-refractivity contribution in [3.8, 4) is 0 Å². The fraction of sp³-hybridized carbons (Fsp3) is 0.733. The second-order valence-corrected chi connectivity index (χ2v) is 9.95. The van der Waals surface area contributed by atoms with Crippen LogP contribution in [-0.2, 0) is 19.0 Å². The molecule has 6 heteroatoms. The van der Waals surface area contributed by atoms with Crippen molar-refractivity contribution in [1.82, 2.24) is 5.32 Å². The molecule has 1 amide bonds. The van der Waals surface area contributed by atoms with Crippen LogP contribution in [0.4, 0.5) is 4.79 Å². The number of rotatable bonds is 22. The van der Waals surface area contributed by atoms with Crippen LogP contribution in [0.1, 0.15) is 111 Å². The Hall–Kier alpha value is -2.08. The van der Waals surface area contributed by atoms with E-state index in [1.54, 1.807) is 0 Å². The zero-order valence-electron chi connectivity index (χ0n) is 23.5. The highest BCUT2D eigenvalue weighted by Crippen LogP contribution is 2.06. The Labute approximate surface area is 220 Å². The predicted octanol–water partition coefficient (Wildman–Crippen LogP) is 7.83. The maximum atomic E-state index is 11.7. The van der Waals surface area contributed by atoms with Crippen LogP contribution in [0.2, 0.25) is 0 Å². The van der Waals surface area contributed by atoms with E-state index in [0.717, 1.165) is 38.7 Å². The van der Waals surface area contributed by atoms with Crippen LogP contribution < -0.4 is 5.32 Å². The van der Waals surface area contributed by atoms with Gasteiger partial charge in [-0.2, -0.15) is 0 Å². The minimum absolute atomic E-state index is 0.251. The molecule has 0 fully saturated rings. The van der Waals surface area contributed by atoms with Gasteiger partial charge in [0.25, 0.3) is 0 Å². The summed E-state index contributed by atoms with van der Waals surface area (Å²) in [6, 6.07) is 0. The van der Waals surface area contributed by atoms with Gasteiger partial charge in [-0.15, -0.1) is 0 Å². The fourth-order valence-electron chi connectivity index (χ4n) is 3.19.